The molecule has 0 atom stereocenters. The number of piperidine rings is 1. The van der Waals surface area contributed by atoms with Crippen LogP contribution in [0.2, 0.25) is 0 Å². The molecule has 0 spiro atoms. The van der Waals surface area contributed by atoms with Crippen molar-refractivity contribution in [1.82, 2.24) is 15.3 Å². The maximum atomic E-state index is 13.0. The van der Waals surface area contributed by atoms with Crippen molar-refractivity contribution in [3.63, 3.8) is 0 Å². The molecule has 5 nitrogen and oxygen atoms in total. The predicted molar refractivity (Wildman–Crippen MR) is 91.6 cm³/mol. The summed E-state index contributed by atoms with van der Waals surface area (Å²) in [7, 11) is 0. The number of hydrogen-bond donors (Lipinski definition) is 2. The molecule has 0 amide bonds. The normalized spacial score (nSPS) is 15.7. The Bertz CT molecular complexity index is 895. The second kappa shape index (κ2) is 6.09. The topological polar surface area (TPSA) is 67.2 Å². The second-order valence-electron chi connectivity index (χ2n) is 6.27. The quantitative estimate of drug-likeness (QED) is 0.575. The van der Waals surface area contributed by atoms with Gasteiger partial charge in [0.2, 0.25) is 5.78 Å². The monoisotopic (exact) mass is 321 g/mol. The van der Waals surface area contributed by atoms with Crippen molar-refractivity contribution < 1.29 is 10.0 Å². The van der Waals surface area contributed by atoms with Gasteiger partial charge in [0.15, 0.2) is 0 Å². The zero-order chi connectivity index (χ0) is 16.5. The van der Waals surface area contributed by atoms with Crippen LogP contribution in [0.3, 0.4) is 0 Å². The molecule has 5 heteroatoms. The van der Waals surface area contributed by atoms with Crippen LogP contribution in [0.1, 0.15) is 40.4 Å². The summed E-state index contributed by atoms with van der Waals surface area (Å²) < 4.78 is 0. The van der Waals surface area contributed by atoms with Crippen LogP contribution in [-0.4, -0.2) is 34.0 Å². The van der Waals surface area contributed by atoms with Crippen LogP contribution < -0.4 is 5.32 Å². The van der Waals surface area contributed by atoms with Gasteiger partial charge in [0.25, 0.3) is 0 Å². The standard InChI is InChI=1S/C19H19N3O2/c23-19(16-6-5-13-3-1-2-4-15(13)11-16)18-17(12-22(24)21-18)14-7-9-20-10-8-14/h1-6,11-12,14,20,24H,7-10H2. The molecule has 2 N–H and O–H groups in total. The van der Waals surface area contributed by atoms with Gasteiger partial charge < -0.3 is 10.5 Å². The van der Waals surface area contributed by atoms with E-state index in [1.54, 1.807) is 6.20 Å². The molecule has 1 saturated heterocycles. The Morgan fingerprint density at radius 2 is 1.88 bits per heavy atom. The lowest BCUT2D eigenvalue weighted by molar-refractivity contribution is 0.101. The Balaban J connectivity index is 1.73. The fraction of sp³-hybridized carbons (Fsp3) is 0.263. The molecular weight excluding hydrogens is 302 g/mol. The lowest BCUT2D eigenvalue weighted by Gasteiger charge is -2.22. The highest BCUT2D eigenvalue weighted by atomic mass is 16.5. The van der Waals surface area contributed by atoms with Crippen LogP contribution >= 0.6 is 0 Å². The molecule has 0 bridgehead atoms. The van der Waals surface area contributed by atoms with Crippen LogP contribution in [0.4, 0.5) is 0 Å². The molecule has 2 heterocycles. The van der Waals surface area contributed by atoms with Crippen molar-refractivity contribution in [2.45, 2.75) is 18.8 Å². The van der Waals surface area contributed by atoms with Crippen molar-refractivity contribution in [2.75, 3.05) is 13.1 Å². The number of rotatable bonds is 3. The minimum absolute atomic E-state index is 0.137. The zero-order valence-corrected chi connectivity index (χ0v) is 13.3. The number of nitrogens with one attached hydrogen (secondary N) is 1. The van der Waals surface area contributed by atoms with Gasteiger partial charge in [-0.1, -0.05) is 36.4 Å². The number of benzene rings is 2. The van der Waals surface area contributed by atoms with Gasteiger partial charge in [-0.15, -0.1) is 9.94 Å². The first-order chi connectivity index (χ1) is 11.7. The first-order valence-electron chi connectivity index (χ1n) is 8.25. The fourth-order valence-electron chi connectivity index (χ4n) is 3.45. The molecule has 1 aromatic heterocycles. The third-order valence-electron chi connectivity index (χ3n) is 4.74. The van der Waals surface area contributed by atoms with Gasteiger partial charge >= 0.3 is 0 Å². The predicted octanol–water partition coefficient (Wildman–Crippen LogP) is 2.97. The van der Waals surface area contributed by atoms with Gasteiger partial charge in [-0.3, -0.25) is 4.79 Å². The lowest BCUT2D eigenvalue weighted by atomic mass is 9.88. The van der Waals surface area contributed by atoms with E-state index in [1.165, 1.54) is 0 Å². The number of carbonyl (C=O) groups excluding carboxylic acids is 1. The maximum absolute atomic E-state index is 13.0. The smallest absolute Gasteiger partial charge is 0.213 e. The number of aromatic nitrogens is 2. The summed E-state index contributed by atoms with van der Waals surface area (Å²) >= 11 is 0. The van der Waals surface area contributed by atoms with Crippen LogP contribution in [0.25, 0.3) is 10.8 Å². The third-order valence-corrected chi connectivity index (χ3v) is 4.74. The molecule has 1 aliphatic heterocycles. The summed E-state index contributed by atoms with van der Waals surface area (Å²) in [6.07, 6.45) is 3.47. The van der Waals surface area contributed by atoms with Crippen LogP contribution in [0.5, 0.6) is 0 Å². The Morgan fingerprint density at radius 3 is 2.67 bits per heavy atom. The number of ketones is 1. The first-order valence-corrected chi connectivity index (χ1v) is 8.25. The largest absolute Gasteiger partial charge is 0.412 e. The number of carbonyl (C=O) groups is 1. The van der Waals surface area contributed by atoms with Crippen LogP contribution in [0, 0.1) is 0 Å². The maximum Gasteiger partial charge on any atom is 0.213 e. The van der Waals surface area contributed by atoms with Gasteiger partial charge in [0, 0.05) is 11.1 Å². The van der Waals surface area contributed by atoms with Crippen LogP contribution in [-0.2, 0) is 0 Å². The van der Waals surface area contributed by atoms with Gasteiger partial charge in [0.05, 0.1) is 6.20 Å². The van der Waals surface area contributed by atoms with E-state index in [2.05, 4.69) is 10.4 Å². The Hall–Kier alpha value is -2.66. The van der Waals surface area contributed by atoms with Crippen molar-refractivity contribution in [3.8, 4) is 0 Å². The minimum atomic E-state index is -0.137. The Morgan fingerprint density at radius 1 is 1.12 bits per heavy atom. The molecule has 24 heavy (non-hydrogen) atoms. The van der Waals surface area contributed by atoms with Crippen molar-refractivity contribution in [2.24, 2.45) is 0 Å². The van der Waals surface area contributed by atoms with E-state index in [-0.39, 0.29) is 11.7 Å². The van der Waals surface area contributed by atoms with Crippen molar-refractivity contribution >= 4 is 16.6 Å². The fourth-order valence-corrected chi connectivity index (χ4v) is 3.45. The summed E-state index contributed by atoms with van der Waals surface area (Å²) in [5.41, 5.74) is 1.81. The molecule has 3 aromatic rings. The SMILES string of the molecule is O=C(c1ccc2ccccc2c1)c1nn(O)cc1C1CCNCC1. The molecule has 2 aromatic carbocycles. The molecule has 4 rings (SSSR count). The van der Waals surface area contributed by atoms with Gasteiger partial charge in [-0.05, 0) is 48.7 Å². The molecule has 0 unspecified atom stereocenters. The average Bonchev–Trinajstić information content (AvgIpc) is 3.03. The summed E-state index contributed by atoms with van der Waals surface area (Å²) in [6, 6.07) is 13.6. The lowest BCUT2D eigenvalue weighted by Crippen LogP contribution is -2.27. The highest BCUT2D eigenvalue weighted by Crippen LogP contribution is 2.29. The zero-order valence-electron chi connectivity index (χ0n) is 13.3. The van der Waals surface area contributed by atoms with E-state index in [0.717, 1.165) is 47.1 Å². The van der Waals surface area contributed by atoms with E-state index < -0.39 is 0 Å². The van der Waals surface area contributed by atoms with Gasteiger partial charge in [0.1, 0.15) is 5.69 Å². The summed E-state index contributed by atoms with van der Waals surface area (Å²) in [6.45, 7) is 1.84. The highest BCUT2D eigenvalue weighted by Gasteiger charge is 2.26. The Kier molecular flexibility index (Phi) is 3.78. The number of fused-ring (bicyclic) bond motifs is 1. The molecule has 0 radical (unpaired) electrons. The first kappa shape index (κ1) is 14.9. The minimum Gasteiger partial charge on any atom is -0.412 e. The van der Waals surface area contributed by atoms with E-state index in [1.807, 2.05) is 42.5 Å². The van der Waals surface area contributed by atoms with Crippen molar-refractivity contribution in [1.29, 1.82) is 0 Å². The molecular formula is C19H19N3O2. The second-order valence-corrected chi connectivity index (χ2v) is 6.27. The highest BCUT2D eigenvalue weighted by molar-refractivity contribution is 6.10. The molecule has 0 saturated carbocycles. The average molecular weight is 321 g/mol. The molecule has 1 fully saturated rings. The summed E-state index contributed by atoms with van der Waals surface area (Å²) in [5, 5.41) is 19.3. The van der Waals surface area contributed by atoms with E-state index in [4.69, 9.17) is 0 Å². The number of hydrogen-bond acceptors (Lipinski definition) is 4. The van der Waals surface area contributed by atoms with Gasteiger partial charge in [-0.25, -0.2) is 0 Å². The van der Waals surface area contributed by atoms with Gasteiger partial charge in [-0.2, -0.15) is 0 Å². The van der Waals surface area contributed by atoms with E-state index in [0.29, 0.717) is 11.3 Å². The summed E-state index contributed by atoms with van der Waals surface area (Å²) in [5.74, 6) is 0.119. The van der Waals surface area contributed by atoms with Crippen molar-refractivity contribution in [3.05, 3.63) is 65.5 Å². The Labute approximate surface area is 139 Å². The van der Waals surface area contributed by atoms with E-state index >= 15 is 0 Å². The molecule has 1 aliphatic rings. The number of nitrogens with zero attached hydrogens (tertiary/aromatic N) is 2. The third kappa shape index (κ3) is 2.67. The van der Waals surface area contributed by atoms with Crippen LogP contribution in [0.15, 0.2) is 48.7 Å². The molecule has 122 valence electrons. The summed E-state index contributed by atoms with van der Waals surface area (Å²) in [4.78, 5) is 13.7. The molecule has 0 aliphatic carbocycles. The van der Waals surface area contributed by atoms with E-state index in [9.17, 15) is 10.0 Å².